The summed E-state index contributed by atoms with van der Waals surface area (Å²) in [4.78, 5) is 24.1. The fourth-order valence-electron chi connectivity index (χ4n) is 3.70. The van der Waals surface area contributed by atoms with Gasteiger partial charge in [0.25, 0.3) is 0 Å². The molecular formula is C37H56O5. The normalized spacial score (nSPS) is 13.5. The van der Waals surface area contributed by atoms with Crippen LogP contribution >= 0.6 is 0 Å². The number of carbonyl (C=O) groups excluding carboxylic acids is 2. The molecule has 0 aliphatic carbocycles. The van der Waals surface area contributed by atoms with Crippen molar-refractivity contribution in [3.05, 3.63) is 97.2 Å². The molecule has 0 aliphatic heterocycles. The van der Waals surface area contributed by atoms with Crippen molar-refractivity contribution in [3.63, 3.8) is 0 Å². The monoisotopic (exact) mass is 580 g/mol. The lowest BCUT2D eigenvalue weighted by Gasteiger charge is -2.15. The van der Waals surface area contributed by atoms with Crippen molar-refractivity contribution < 1.29 is 24.2 Å². The van der Waals surface area contributed by atoms with Gasteiger partial charge in [-0.15, -0.1) is 0 Å². The topological polar surface area (TPSA) is 72.8 Å². The summed E-state index contributed by atoms with van der Waals surface area (Å²) in [7, 11) is 0. The van der Waals surface area contributed by atoms with Gasteiger partial charge in [0.15, 0.2) is 6.10 Å². The first kappa shape index (κ1) is 38.8. The molecule has 42 heavy (non-hydrogen) atoms. The van der Waals surface area contributed by atoms with Crippen LogP contribution in [0.5, 0.6) is 0 Å². The van der Waals surface area contributed by atoms with E-state index in [1.807, 2.05) is 54.7 Å². The zero-order valence-corrected chi connectivity index (χ0v) is 26.2. The molecule has 0 saturated heterocycles. The maximum Gasteiger partial charge on any atom is 0.306 e. The van der Waals surface area contributed by atoms with Crippen molar-refractivity contribution >= 4 is 11.9 Å². The molecule has 0 bridgehead atoms. The van der Waals surface area contributed by atoms with Crippen LogP contribution in [0.4, 0.5) is 0 Å². The number of aliphatic hydroxyl groups excluding tert-OH is 1. The molecular weight excluding hydrogens is 524 g/mol. The van der Waals surface area contributed by atoms with Crippen molar-refractivity contribution in [3.8, 4) is 0 Å². The number of ether oxygens (including phenoxy) is 2. The van der Waals surface area contributed by atoms with E-state index in [-0.39, 0.29) is 31.6 Å². The molecule has 5 nitrogen and oxygen atoms in total. The summed E-state index contributed by atoms with van der Waals surface area (Å²) in [6.45, 7) is 3.75. The van der Waals surface area contributed by atoms with Crippen molar-refractivity contribution in [2.45, 2.75) is 110 Å². The molecule has 0 radical (unpaired) electrons. The lowest BCUT2D eigenvalue weighted by Crippen LogP contribution is -2.28. The molecule has 0 saturated carbocycles. The summed E-state index contributed by atoms with van der Waals surface area (Å²) in [5, 5.41) is 9.49. The van der Waals surface area contributed by atoms with Crippen LogP contribution in [0, 0.1) is 0 Å². The van der Waals surface area contributed by atoms with Crippen LogP contribution in [0.1, 0.15) is 104 Å². The molecule has 0 heterocycles. The van der Waals surface area contributed by atoms with Crippen LogP contribution in [0.2, 0.25) is 0 Å². The molecule has 5 heteroatoms. The number of rotatable bonds is 26. The van der Waals surface area contributed by atoms with Crippen molar-refractivity contribution in [2.75, 3.05) is 13.2 Å². The minimum absolute atomic E-state index is 0.115. The van der Waals surface area contributed by atoms with Gasteiger partial charge in [0.05, 0.1) is 6.61 Å². The van der Waals surface area contributed by atoms with E-state index in [1.165, 1.54) is 25.7 Å². The standard InChI is InChI=1S/C37H56O5/c1-3-5-7-9-11-13-15-17-18-20-22-24-26-28-30-32-37(40)42-35(33-38)34-41-36(39)31-29-27-25-23-21-19-16-14-12-10-8-6-4-2/h5-16,19,21,23,25,35,38H,3-4,17-18,20,22,24,26-34H2,1-2H3/b7-5+,8-6+,11-9+,12-10+,15-13+,16-14+,21-19+,25-23+. The van der Waals surface area contributed by atoms with Gasteiger partial charge in [0.1, 0.15) is 6.61 Å². The van der Waals surface area contributed by atoms with Gasteiger partial charge in [-0.1, -0.05) is 143 Å². The summed E-state index contributed by atoms with van der Waals surface area (Å²) >= 11 is 0. The molecule has 0 spiro atoms. The molecule has 0 rings (SSSR count). The maximum absolute atomic E-state index is 12.1. The second kappa shape index (κ2) is 32.3. The Hall–Kier alpha value is -3.18. The molecule has 0 fully saturated rings. The third-order valence-corrected chi connectivity index (χ3v) is 6.06. The first-order valence-corrected chi connectivity index (χ1v) is 15.9. The molecule has 0 aromatic rings. The second-order valence-corrected chi connectivity index (χ2v) is 9.95. The Morgan fingerprint density at radius 3 is 1.50 bits per heavy atom. The number of hydrogen-bond donors (Lipinski definition) is 1. The summed E-state index contributed by atoms with van der Waals surface area (Å²) in [5.41, 5.74) is 0. The third-order valence-electron chi connectivity index (χ3n) is 6.06. The molecule has 1 atom stereocenters. The van der Waals surface area contributed by atoms with Gasteiger partial charge in [0.2, 0.25) is 0 Å². The number of hydrogen-bond acceptors (Lipinski definition) is 5. The Kier molecular flexibility index (Phi) is 29.9. The van der Waals surface area contributed by atoms with Crippen LogP contribution in [0.3, 0.4) is 0 Å². The number of carbonyl (C=O) groups is 2. The first-order chi connectivity index (χ1) is 20.6. The van der Waals surface area contributed by atoms with Crippen molar-refractivity contribution in [2.24, 2.45) is 0 Å². The first-order valence-electron chi connectivity index (χ1n) is 15.9. The Balaban J connectivity index is 3.78. The number of aliphatic hydroxyl groups is 1. The van der Waals surface area contributed by atoms with Crippen molar-refractivity contribution in [1.29, 1.82) is 0 Å². The van der Waals surface area contributed by atoms with E-state index in [4.69, 9.17) is 9.47 Å². The molecule has 1 unspecified atom stereocenters. The van der Waals surface area contributed by atoms with E-state index in [1.54, 1.807) is 0 Å². The number of unbranched alkanes of at least 4 members (excludes halogenated alkanes) is 8. The Morgan fingerprint density at radius 1 is 0.548 bits per heavy atom. The van der Waals surface area contributed by atoms with Crippen molar-refractivity contribution in [1.82, 2.24) is 0 Å². The SMILES string of the molecule is CC/C=C/C=C/C=C/C=C/C=C/CCCC(=O)OCC(CO)OC(=O)CCCCCCCCC/C=C/C=C/C=C/CC. The quantitative estimate of drug-likeness (QED) is 0.0627. The summed E-state index contributed by atoms with van der Waals surface area (Å²) < 4.78 is 10.5. The molecule has 0 aliphatic rings. The van der Waals surface area contributed by atoms with Gasteiger partial charge in [0, 0.05) is 12.8 Å². The van der Waals surface area contributed by atoms with Gasteiger partial charge in [-0.3, -0.25) is 9.59 Å². The third kappa shape index (κ3) is 29.8. The van der Waals surface area contributed by atoms with Gasteiger partial charge in [-0.2, -0.15) is 0 Å². The largest absolute Gasteiger partial charge is 0.462 e. The molecule has 0 aromatic heterocycles. The minimum atomic E-state index is -0.811. The summed E-state index contributed by atoms with van der Waals surface area (Å²) in [6.07, 6.45) is 44.6. The molecule has 1 N–H and O–H groups in total. The maximum atomic E-state index is 12.1. The minimum Gasteiger partial charge on any atom is -0.462 e. The van der Waals surface area contributed by atoms with Gasteiger partial charge in [-0.25, -0.2) is 0 Å². The average molecular weight is 581 g/mol. The van der Waals surface area contributed by atoms with Crippen LogP contribution < -0.4 is 0 Å². The fourth-order valence-corrected chi connectivity index (χ4v) is 3.70. The lowest BCUT2D eigenvalue weighted by molar-refractivity contribution is -0.161. The van der Waals surface area contributed by atoms with E-state index in [0.717, 1.165) is 44.9 Å². The van der Waals surface area contributed by atoms with Crippen LogP contribution in [0.15, 0.2) is 97.2 Å². The van der Waals surface area contributed by atoms with Crippen LogP contribution in [-0.2, 0) is 19.1 Å². The molecule has 234 valence electrons. The van der Waals surface area contributed by atoms with Crippen LogP contribution in [0.25, 0.3) is 0 Å². The smallest absolute Gasteiger partial charge is 0.306 e. The molecule has 0 aromatic carbocycles. The predicted molar refractivity (Wildman–Crippen MR) is 177 cm³/mol. The van der Waals surface area contributed by atoms with E-state index >= 15 is 0 Å². The van der Waals surface area contributed by atoms with Crippen LogP contribution in [-0.4, -0.2) is 36.4 Å². The van der Waals surface area contributed by atoms with E-state index < -0.39 is 6.10 Å². The predicted octanol–water partition coefficient (Wildman–Crippen LogP) is 9.38. The van der Waals surface area contributed by atoms with Gasteiger partial charge < -0.3 is 14.6 Å². The highest BCUT2D eigenvalue weighted by Crippen LogP contribution is 2.11. The highest BCUT2D eigenvalue weighted by atomic mass is 16.6. The Morgan fingerprint density at radius 2 is 0.976 bits per heavy atom. The van der Waals surface area contributed by atoms with Gasteiger partial charge >= 0.3 is 11.9 Å². The van der Waals surface area contributed by atoms with E-state index in [2.05, 4.69) is 56.4 Å². The fraction of sp³-hybridized carbons (Fsp3) is 0.514. The van der Waals surface area contributed by atoms with E-state index in [0.29, 0.717) is 12.8 Å². The van der Waals surface area contributed by atoms with E-state index in [9.17, 15) is 14.7 Å². The highest BCUT2D eigenvalue weighted by Gasteiger charge is 2.15. The zero-order valence-electron chi connectivity index (χ0n) is 26.2. The Labute approximate surface area is 256 Å². The second-order valence-electron chi connectivity index (χ2n) is 9.95. The van der Waals surface area contributed by atoms with Gasteiger partial charge in [-0.05, 0) is 44.9 Å². The Bertz CT molecular complexity index is 886. The number of esters is 2. The number of allylic oxidation sites excluding steroid dienone is 16. The zero-order chi connectivity index (χ0) is 30.8. The lowest BCUT2D eigenvalue weighted by atomic mass is 10.1. The highest BCUT2D eigenvalue weighted by molar-refractivity contribution is 5.70. The average Bonchev–Trinajstić information content (AvgIpc) is 2.99. The molecule has 0 amide bonds. The summed E-state index contributed by atoms with van der Waals surface area (Å²) in [6, 6.07) is 0. The summed E-state index contributed by atoms with van der Waals surface area (Å²) in [5.74, 6) is -0.707.